The Bertz CT molecular complexity index is 815. The Hall–Kier alpha value is -2.82. The fourth-order valence-corrected chi connectivity index (χ4v) is 2.90. The SMILES string of the molecule is CNC(=O)CCCc1ccc(C)c(-c2cc(OCC(=O)NC)ccc2C)c1. The van der Waals surface area contributed by atoms with Gasteiger partial charge in [0, 0.05) is 20.5 Å². The van der Waals surface area contributed by atoms with E-state index in [0.29, 0.717) is 12.2 Å². The standard InChI is InChI=1S/C22H28N2O3/c1-15-8-10-17(6-5-7-21(25)23-3)12-19(15)20-13-18(11-9-16(20)2)27-14-22(26)24-4/h8-13H,5-7,14H2,1-4H3,(H,23,25)(H,24,26). The van der Waals surface area contributed by atoms with E-state index >= 15 is 0 Å². The number of amides is 2. The van der Waals surface area contributed by atoms with Crippen LogP contribution in [0.3, 0.4) is 0 Å². The molecule has 0 aliphatic carbocycles. The highest BCUT2D eigenvalue weighted by molar-refractivity contribution is 5.77. The van der Waals surface area contributed by atoms with Crippen LogP contribution in [0.25, 0.3) is 11.1 Å². The molecular formula is C22H28N2O3. The molecule has 0 bridgehead atoms. The Balaban J connectivity index is 2.21. The number of hydrogen-bond acceptors (Lipinski definition) is 3. The molecule has 5 heteroatoms. The number of carbonyl (C=O) groups excluding carboxylic acids is 2. The summed E-state index contributed by atoms with van der Waals surface area (Å²) < 4.78 is 5.59. The molecule has 0 aliphatic rings. The van der Waals surface area contributed by atoms with Gasteiger partial charge >= 0.3 is 0 Å². The van der Waals surface area contributed by atoms with E-state index in [1.54, 1.807) is 14.1 Å². The third-order valence-electron chi connectivity index (χ3n) is 4.60. The van der Waals surface area contributed by atoms with Gasteiger partial charge in [-0.1, -0.05) is 24.3 Å². The molecule has 0 aromatic heterocycles. The molecule has 2 N–H and O–H groups in total. The van der Waals surface area contributed by atoms with Crippen LogP contribution in [0.2, 0.25) is 0 Å². The molecule has 0 atom stereocenters. The molecular weight excluding hydrogens is 340 g/mol. The smallest absolute Gasteiger partial charge is 0.257 e. The van der Waals surface area contributed by atoms with Crippen molar-refractivity contribution in [3.05, 3.63) is 53.1 Å². The third kappa shape index (κ3) is 5.84. The van der Waals surface area contributed by atoms with Crippen LogP contribution in [0.4, 0.5) is 0 Å². The Kier molecular flexibility index (Phi) is 7.41. The second-order valence-electron chi connectivity index (χ2n) is 6.61. The first-order valence-electron chi connectivity index (χ1n) is 9.19. The van der Waals surface area contributed by atoms with E-state index < -0.39 is 0 Å². The van der Waals surface area contributed by atoms with E-state index in [4.69, 9.17) is 4.74 Å². The molecule has 2 aromatic rings. The zero-order chi connectivity index (χ0) is 19.8. The van der Waals surface area contributed by atoms with Gasteiger partial charge in [-0.05, 0) is 66.6 Å². The van der Waals surface area contributed by atoms with Crippen LogP contribution in [0.15, 0.2) is 36.4 Å². The van der Waals surface area contributed by atoms with Gasteiger partial charge in [-0.25, -0.2) is 0 Å². The van der Waals surface area contributed by atoms with E-state index in [-0.39, 0.29) is 18.4 Å². The highest BCUT2D eigenvalue weighted by Gasteiger charge is 2.10. The van der Waals surface area contributed by atoms with Gasteiger partial charge in [0.2, 0.25) is 5.91 Å². The summed E-state index contributed by atoms with van der Waals surface area (Å²) in [5.41, 5.74) is 5.77. The van der Waals surface area contributed by atoms with Crippen LogP contribution in [0, 0.1) is 13.8 Å². The number of nitrogens with one attached hydrogen (secondary N) is 2. The maximum absolute atomic E-state index is 11.4. The lowest BCUT2D eigenvalue weighted by Gasteiger charge is -2.14. The molecule has 0 heterocycles. The molecule has 2 aromatic carbocycles. The van der Waals surface area contributed by atoms with Crippen molar-refractivity contribution in [2.24, 2.45) is 0 Å². The summed E-state index contributed by atoms with van der Waals surface area (Å²) in [7, 11) is 3.25. The minimum atomic E-state index is -0.161. The minimum absolute atomic E-state index is 0.00246. The average Bonchev–Trinajstić information content (AvgIpc) is 2.68. The molecule has 0 saturated heterocycles. The van der Waals surface area contributed by atoms with Crippen molar-refractivity contribution in [1.82, 2.24) is 10.6 Å². The lowest BCUT2D eigenvalue weighted by atomic mass is 9.93. The van der Waals surface area contributed by atoms with Crippen LogP contribution >= 0.6 is 0 Å². The lowest BCUT2D eigenvalue weighted by Crippen LogP contribution is -2.24. The molecule has 0 fully saturated rings. The summed E-state index contributed by atoms with van der Waals surface area (Å²) in [5.74, 6) is 0.578. The van der Waals surface area contributed by atoms with Crippen LogP contribution in [-0.2, 0) is 16.0 Å². The second kappa shape index (κ2) is 9.76. The fraction of sp³-hybridized carbons (Fsp3) is 0.364. The van der Waals surface area contributed by atoms with E-state index in [9.17, 15) is 9.59 Å². The summed E-state index contributed by atoms with van der Waals surface area (Å²) in [4.78, 5) is 22.8. The predicted molar refractivity (Wildman–Crippen MR) is 108 cm³/mol. The Morgan fingerprint density at radius 3 is 2.19 bits per heavy atom. The first kappa shape index (κ1) is 20.5. The van der Waals surface area contributed by atoms with Crippen LogP contribution in [0.5, 0.6) is 5.75 Å². The van der Waals surface area contributed by atoms with Gasteiger partial charge < -0.3 is 15.4 Å². The molecule has 0 unspecified atom stereocenters. The van der Waals surface area contributed by atoms with Gasteiger partial charge in [0.05, 0.1) is 0 Å². The van der Waals surface area contributed by atoms with Gasteiger partial charge in [0.15, 0.2) is 6.61 Å². The van der Waals surface area contributed by atoms with Crippen molar-refractivity contribution in [3.63, 3.8) is 0 Å². The van der Waals surface area contributed by atoms with Crippen molar-refractivity contribution in [3.8, 4) is 16.9 Å². The topological polar surface area (TPSA) is 67.4 Å². The zero-order valence-electron chi connectivity index (χ0n) is 16.5. The Morgan fingerprint density at radius 2 is 1.52 bits per heavy atom. The summed E-state index contributed by atoms with van der Waals surface area (Å²) >= 11 is 0. The normalized spacial score (nSPS) is 10.4. The average molecular weight is 368 g/mol. The number of carbonyl (C=O) groups is 2. The zero-order valence-corrected chi connectivity index (χ0v) is 16.5. The Morgan fingerprint density at radius 1 is 0.889 bits per heavy atom. The highest BCUT2D eigenvalue weighted by Crippen LogP contribution is 2.31. The molecule has 144 valence electrons. The number of aryl methyl sites for hydroxylation is 3. The predicted octanol–water partition coefficient (Wildman–Crippen LogP) is 3.16. The first-order chi connectivity index (χ1) is 12.9. The van der Waals surface area contributed by atoms with Crippen LogP contribution in [-0.4, -0.2) is 32.5 Å². The quantitative estimate of drug-likeness (QED) is 0.752. The van der Waals surface area contributed by atoms with Gasteiger partial charge in [0.1, 0.15) is 5.75 Å². The summed E-state index contributed by atoms with van der Waals surface area (Å²) in [6.07, 6.45) is 2.20. The number of rotatable bonds is 8. The fourth-order valence-electron chi connectivity index (χ4n) is 2.90. The van der Waals surface area contributed by atoms with Crippen molar-refractivity contribution in [2.75, 3.05) is 20.7 Å². The van der Waals surface area contributed by atoms with Crippen LogP contribution < -0.4 is 15.4 Å². The lowest BCUT2D eigenvalue weighted by molar-refractivity contribution is -0.122. The number of hydrogen-bond donors (Lipinski definition) is 2. The maximum atomic E-state index is 11.4. The highest BCUT2D eigenvalue weighted by atomic mass is 16.5. The van der Waals surface area contributed by atoms with Crippen molar-refractivity contribution >= 4 is 11.8 Å². The van der Waals surface area contributed by atoms with E-state index in [0.717, 1.165) is 29.5 Å². The number of benzene rings is 2. The molecule has 0 saturated carbocycles. The van der Waals surface area contributed by atoms with Crippen molar-refractivity contribution in [2.45, 2.75) is 33.1 Å². The monoisotopic (exact) mass is 368 g/mol. The summed E-state index contributed by atoms with van der Waals surface area (Å²) in [6, 6.07) is 12.3. The van der Waals surface area contributed by atoms with Gasteiger partial charge in [-0.15, -0.1) is 0 Å². The third-order valence-corrected chi connectivity index (χ3v) is 4.60. The van der Waals surface area contributed by atoms with Crippen molar-refractivity contribution in [1.29, 1.82) is 0 Å². The maximum Gasteiger partial charge on any atom is 0.257 e. The van der Waals surface area contributed by atoms with E-state index in [2.05, 4.69) is 42.7 Å². The summed E-state index contributed by atoms with van der Waals surface area (Å²) in [5, 5.41) is 5.20. The number of likely N-dealkylation sites (N-methyl/N-ethyl adjacent to an activating group) is 1. The van der Waals surface area contributed by atoms with Crippen LogP contribution in [0.1, 0.15) is 29.5 Å². The van der Waals surface area contributed by atoms with Gasteiger partial charge in [-0.2, -0.15) is 0 Å². The molecule has 0 spiro atoms. The van der Waals surface area contributed by atoms with Gasteiger partial charge in [0.25, 0.3) is 5.91 Å². The summed E-state index contributed by atoms with van der Waals surface area (Å²) in [6.45, 7) is 4.15. The first-order valence-corrected chi connectivity index (χ1v) is 9.19. The van der Waals surface area contributed by atoms with E-state index in [1.807, 2.05) is 18.2 Å². The van der Waals surface area contributed by atoms with E-state index in [1.165, 1.54) is 11.1 Å². The van der Waals surface area contributed by atoms with Crippen molar-refractivity contribution < 1.29 is 14.3 Å². The molecule has 2 rings (SSSR count). The molecule has 0 radical (unpaired) electrons. The van der Waals surface area contributed by atoms with Gasteiger partial charge in [-0.3, -0.25) is 9.59 Å². The molecule has 5 nitrogen and oxygen atoms in total. The second-order valence-corrected chi connectivity index (χ2v) is 6.61. The minimum Gasteiger partial charge on any atom is -0.484 e. The largest absolute Gasteiger partial charge is 0.484 e. The molecule has 0 aliphatic heterocycles. The number of ether oxygens (including phenoxy) is 1. The Labute approximate surface area is 161 Å². The molecule has 2 amide bonds. The molecule has 27 heavy (non-hydrogen) atoms.